The molecule has 0 spiro atoms. The minimum atomic E-state index is -1.26. The third-order valence-corrected chi connectivity index (χ3v) is 4.30. The van der Waals surface area contributed by atoms with E-state index in [0.717, 1.165) is 23.3 Å². The summed E-state index contributed by atoms with van der Waals surface area (Å²) in [5.41, 5.74) is 6.65. The Morgan fingerprint density at radius 2 is 1.61 bits per heavy atom. The van der Waals surface area contributed by atoms with Gasteiger partial charge in [-0.25, -0.2) is 8.78 Å². The number of primary amides is 1. The molecular weight excluding hydrogens is 404 g/mol. The topological polar surface area (TPSA) is 93.8 Å². The number of rotatable bonds is 6. The number of carbonyl (C=O) groups is 2. The van der Waals surface area contributed by atoms with E-state index in [2.05, 4.69) is 10.5 Å². The fourth-order valence-electron chi connectivity index (χ4n) is 2.99. The summed E-state index contributed by atoms with van der Waals surface area (Å²) >= 11 is 0. The van der Waals surface area contributed by atoms with Gasteiger partial charge in [0.2, 0.25) is 0 Å². The average molecular weight is 423 g/mol. The van der Waals surface area contributed by atoms with Crippen LogP contribution in [0.25, 0.3) is 0 Å². The molecule has 0 aliphatic heterocycles. The second-order valence-electron chi connectivity index (χ2n) is 6.87. The third kappa shape index (κ3) is 5.30. The Bertz CT molecular complexity index is 1150. The zero-order valence-corrected chi connectivity index (χ0v) is 16.8. The van der Waals surface area contributed by atoms with Gasteiger partial charge in [0.1, 0.15) is 17.2 Å². The predicted octanol–water partition coefficient (Wildman–Crippen LogP) is 4.35. The molecule has 3 rings (SSSR count). The van der Waals surface area contributed by atoms with Crippen molar-refractivity contribution in [1.82, 2.24) is 0 Å². The Balaban J connectivity index is 1.79. The van der Waals surface area contributed by atoms with Crippen LogP contribution in [-0.2, 0) is 0 Å². The second-order valence-corrected chi connectivity index (χ2v) is 6.87. The van der Waals surface area contributed by atoms with Crippen LogP contribution in [0.4, 0.5) is 14.5 Å². The van der Waals surface area contributed by atoms with Gasteiger partial charge in [0.25, 0.3) is 11.8 Å². The van der Waals surface area contributed by atoms with Crippen LogP contribution in [0.15, 0.2) is 59.8 Å². The van der Waals surface area contributed by atoms with Crippen LogP contribution in [0.3, 0.4) is 0 Å². The van der Waals surface area contributed by atoms with E-state index >= 15 is 0 Å². The summed E-state index contributed by atoms with van der Waals surface area (Å²) in [5, 5.41) is 6.51. The van der Waals surface area contributed by atoms with Gasteiger partial charge in [-0.05, 0) is 55.3 Å². The molecule has 158 valence electrons. The van der Waals surface area contributed by atoms with Crippen molar-refractivity contribution in [2.75, 3.05) is 5.32 Å². The molecule has 0 aromatic heterocycles. The highest BCUT2D eigenvalue weighted by molar-refractivity contribution is 6.07. The fraction of sp³-hybridized carbons (Fsp3) is 0.0870. The highest BCUT2D eigenvalue weighted by Gasteiger charge is 2.19. The Hall–Kier alpha value is -4.07. The van der Waals surface area contributed by atoms with Gasteiger partial charge in [-0.2, -0.15) is 0 Å². The number of hydrogen-bond donors (Lipinski definition) is 2. The van der Waals surface area contributed by atoms with Crippen LogP contribution in [0.1, 0.15) is 37.4 Å². The van der Waals surface area contributed by atoms with Gasteiger partial charge in [0.15, 0.2) is 5.75 Å². The van der Waals surface area contributed by atoms with E-state index in [1.54, 1.807) is 24.3 Å². The Kier molecular flexibility index (Phi) is 6.40. The Labute approximate surface area is 177 Å². The van der Waals surface area contributed by atoms with Crippen LogP contribution in [-0.4, -0.2) is 18.0 Å². The number of amides is 2. The molecule has 0 aliphatic carbocycles. The highest BCUT2D eigenvalue weighted by Crippen LogP contribution is 2.19. The van der Waals surface area contributed by atoms with Crippen LogP contribution >= 0.6 is 0 Å². The Morgan fingerprint density at radius 1 is 1.00 bits per heavy atom. The summed E-state index contributed by atoms with van der Waals surface area (Å²) in [4.78, 5) is 29.0. The molecule has 31 heavy (non-hydrogen) atoms. The van der Waals surface area contributed by atoms with Crippen molar-refractivity contribution >= 4 is 23.7 Å². The standard InChI is InChI=1S/C23H19F2N3O3/c1-13-7-14(2)9-17(8-13)31-27-12-15-5-3-4-6-20(15)28-23(30)16-10-18(24)21(22(26)29)19(25)11-16/h3-12H,1-2H3,(H2,26,29)(H,28,30). The molecule has 0 radical (unpaired) electrons. The van der Waals surface area contributed by atoms with Gasteiger partial charge in [0, 0.05) is 16.8 Å². The molecule has 2 amide bonds. The molecule has 3 aromatic rings. The third-order valence-electron chi connectivity index (χ3n) is 4.30. The van der Waals surface area contributed by atoms with Gasteiger partial charge in [-0.3, -0.25) is 9.59 Å². The molecule has 8 heteroatoms. The number of hydrogen-bond acceptors (Lipinski definition) is 4. The Morgan fingerprint density at radius 3 is 2.23 bits per heavy atom. The maximum atomic E-state index is 14.0. The zero-order valence-electron chi connectivity index (χ0n) is 16.8. The maximum absolute atomic E-state index is 14.0. The first-order valence-electron chi connectivity index (χ1n) is 9.22. The first-order chi connectivity index (χ1) is 14.7. The van der Waals surface area contributed by atoms with E-state index in [0.29, 0.717) is 17.0 Å². The minimum absolute atomic E-state index is 0.307. The largest absolute Gasteiger partial charge is 0.365 e. The number of aryl methyl sites for hydroxylation is 2. The van der Waals surface area contributed by atoms with Gasteiger partial charge in [-0.1, -0.05) is 29.4 Å². The summed E-state index contributed by atoms with van der Waals surface area (Å²) < 4.78 is 27.9. The van der Waals surface area contributed by atoms with E-state index in [1.165, 1.54) is 6.21 Å². The van der Waals surface area contributed by atoms with Crippen LogP contribution in [0, 0.1) is 25.5 Å². The summed E-state index contributed by atoms with van der Waals surface area (Å²) in [6.07, 6.45) is 1.41. The number of benzene rings is 3. The van der Waals surface area contributed by atoms with E-state index in [1.807, 2.05) is 32.0 Å². The van der Waals surface area contributed by atoms with Crippen molar-refractivity contribution in [3.8, 4) is 5.75 Å². The van der Waals surface area contributed by atoms with Crippen LogP contribution in [0.2, 0.25) is 0 Å². The lowest BCUT2D eigenvalue weighted by atomic mass is 10.1. The van der Waals surface area contributed by atoms with Crippen molar-refractivity contribution in [3.63, 3.8) is 0 Å². The lowest BCUT2D eigenvalue weighted by molar-refractivity contribution is 0.0986. The van der Waals surface area contributed by atoms with E-state index in [9.17, 15) is 18.4 Å². The molecule has 0 aliphatic rings. The number of nitrogens with one attached hydrogen (secondary N) is 1. The lowest BCUT2D eigenvalue weighted by Crippen LogP contribution is -2.18. The zero-order chi connectivity index (χ0) is 22.5. The fourth-order valence-corrected chi connectivity index (χ4v) is 2.99. The molecule has 0 unspecified atom stereocenters. The second kappa shape index (κ2) is 9.17. The molecule has 0 saturated heterocycles. The maximum Gasteiger partial charge on any atom is 0.255 e. The highest BCUT2D eigenvalue weighted by atomic mass is 19.1. The smallest absolute Gasteiger partial charge is 0.255 e. The summed E-state index contributed by atoms with van der Waals surface area (Å²) in [5.74, 6) is -3.89. The summed E-state index contributed by atoms with van der Waals surface area (Å²) in [6, 6.07) is 13.8. The first kappa shape index (κ1) is 21.6. The van der Waals surface area contributed by atoms with Crippen molar-refractivity contribution in [2.45, 2.75) is 13.8 Å². The molecule has 0 atom stereocenters. The van der Waals surface area contributed by atoms with Gasteiger partial charge >= 0.3 is 0 Å². The molecule has 0 fully saturated rings. The van der Waals surface area contributed by atoms with Crippen molar-refractivity contribution in [3.05, 3.63) is 94.0 Å². The number of nitrogens with zero attached hydrogens (tertiary/aromatic N) is 1. The molecule has 3 N–H and O–H groups in total. The normalized spacial score (nSPS) is 10.8. The number of oxime groups is 1. The molecule has 6 nitrogen and oxygen atoms in total. The van der Waals surface area contributed by atoms with Gasteiger partial charge in [-0.15, -0.1) is 0 Å². The van der Waals surface area contributed by atoms with Gasteiger partial charge in [0.05, 0.1) is 6.21 Å². The van der Waals surface area contributed by atoms with Crippen LogP contribution in [0.5, 0.6) is 5.75 Å². The van der Waals surface area contributed by atoms with Crippen LogP contribution < -0.4 is 15.9 Å². The average Bonchev–Trinajstić information content (AvgIpc) is 2.67. The number of anilines is 1. The quantitative estimate of drug-likeness (QED) is 0.456. The number of halogens is 2. The number of carbonyl (C=O) groups excluding carboxylic acids is 2. The SMILES string of the molecule is Cc1cc(C)cc(ON=Cc2ccccc2NC(=O)c2cc(F)c(C(N)=O)c(F)c2)c1. The molecule has 3 aromatic carbocycles. The molecule has 0 saturated carbocycles. The monoisotopic (exact) mass is 423 g/mol. The van der Waals surface area contributed by atoms with E-state index in [-0.39, 0.29) is 5.56 Å². The molecule has 0 bridgehead atoms. The van der Waals surface area contributed by atoms with Crippen molar-refractivity contribution in [2.24, 2.45) is 10.9 Å². The number of nitrogens with two attached hydrogens (primary N) is 1. The molecular formula is C23H19F2N3O3. The first-order valence-corrected chi connectivity index (χ1v) is 9.22. The lowest BCUT2D eigenvalue weighted by Gasteiger charge is -2.09. The van der Waals surface area contributed by atoms with Crippen molar-refractivity contribution < 1.29 is 23.2 Å². The molecule has 0 heterocycles. The minimum Gasteiger partial charge on any atom is -0.365 e. The van der Waals surface area contributed by atoms with Gasteiger partial charge < -0.3 is 15.9 Å². The summed E-state index contributed by atoms with van der Waals surface area (Å²) in [7, 11) is 0. The van der Waals surface area contributed by atoms with E-state index < -0.39 is 29.0 Å². The van der Waals surface area contributed by atoms with Crippen molar-refractivity contribution in [1.29, 1.82) is 0 Å². The predicted molar refractivity (Wildman–Crippen MR) is 113 cm³/mol. The number of para-hydroxylation sites is 1. The van der Waals surface area contributed by atoms with E-state index in [4.69, 9.17) is 10.6 Å². The summed E-state index contributed by atoms with van der Waals surface area (Å²) in [6.45, 7) is 3.88.